The molecule has 1 aliphatic heterocycles. The minimum Gasteiger partial charge on any atom is -0.327 e. The van der Waals surface area contributed by atoms with Gasteiger partial charge in [-0.05, 0) is 31.1 Å². The largest absolute Gasteiger partial charge is 0.327 e. The standard InChI is InChI=1S/C12H19I2NO/c1-7(2)11(14)12(16)15-9-5-3-4-8(9)6-10(15)13/h7-11H,3-6H2,1-2H3/t8?,9?,10-,11?/m0/s1. The summed E-state index contributed by atoms with van der Waals surface area (Å²) in [6.07, 6.45) is 5.10. The summed E-state index contributed by atoms with van der Waals surface area (Å²) in [5.41, 5.74) is 0. The fourth-order valence-corrected chi connectivity index (χ4v) is 4.62. The third-order valence-electron chi connectivity index (χ3n) is 3.85. The zero-order valence-electron chi connectivity index (χ0n) is 9.83. The van der Waals surface area contributed by atoms with Crippen molar-refractivity contribution < 1.29 is 4.79 Å². The quantitative estimate of drug-likeness (QED) is 0.360. The third kappa shape index (κ3) is 2.37. The van der Waals surface area contributed by atoms with Gasteiger partial charge >= 0.3 is 0 Å². The number of nitrogens with zero attached hydrogens (tertiary/aromatic N) is 1. The molecule has 1 aliphatic carbocycles. The summed E-state index contributed by atoms with van der Waals surface area (Å²) in [4.78, 5) is 14.7. The second kappa shape index (κ2) is 5.28. The van der Waals surface area contributed by atoms with E-state index in [1.165, 1.54) is 25.7 Å². The van der Waals surface area contributed by atoms with Gasteiger partial charge in [-0.15, -0.1) is 0 Å². The first-order valence-corrected chi connectivity index (χ1v) is 8.61. The fourth-order valence-electron chi connectivity index (χ4n) is 2.96. The number of carbonyl (C=O) groups is 1. The van der Waals surface area contributed by atoms with E-state index in [0.29, 0.717) is 21.9 Å². The Labute approximate surface area is 125 Å². The van der Waals surface area contributed by atoms with Crippen LogP contribution in [0.3, 0.4) is 0 Å². The van der Waals surface area contributed by atoms with Crippen LogP contribution in [0.2, 0.25) is 0 Å². The van der Waals surface area contributed by atoms with Crippen molar-refractivity contribution in [3.05, 3.63) is 0 Å². The van der Waals surface area contributed by atoms with Gasteiger partial charge in [0.25, 0.3) is 0 Å². The minimum atomic E-state index is 0.147. The van der Waals surface area contributed by atoms with Gasteiger partial charge in [0.1, 0.15) is 0 Å². The Balaban J connectivity index is 2.10. The van der Waals surface area contributed by atoms with Gasteiger partial charge in [-0.3, -0.25) is 4.79 Å². The molecule has 2 fully saturated rings. The molecule has 0 aromatic rings. The molecule has 2 nitrogen and oxygen atoms in total. The molecule has 4 atom stereocenters. The first kappa shape index (κ1) is 13.4. The lowest BCUT2D eigenvalue weighted by Gasteiger charge is -2.30. The highest BCUT2D eigenvalue weighted by molar-refractivity contribution is 14.1. The molecule has 0 spiro atoms. The summed E-state index contributed by atoms with van der Waals surface area (Å²) in [6.45, 7) is 4.28. The van der Waals surface area contributed by atoms with Crippen LogP contribution in [0.15, 0.2) is 0 Å². The average molecular weight is 447 g/mol. The Morgan fingerprint density at radius 1 is 1.38 bits per heavy atom. The summed E-state index contributed by atoms with van der Waals surface area (Å²) >= 11 is 4.77. The molecule has 2 aliphatic rings. The second-order valence-corrected chi connectivity index (χ2v) is 8.10. The maximum Gasteiger partial charge on any atom is 0.236 e. The summed E-state index contributed by atoms with van der Waals surface area (Å²) in [5, 5.41) is 0. The van der Waals surface area contributed by atoms with Crippen molar-refractivity contribution in [3.8, 4) is 0 Å². The SMILES string of the molecule is CC(C)C(I)C(=O)N1C2CCCC2C[C@H]1I. The molecule has 4 heteroatoms. The van der Waals surface area contributed by atoms with E-state index in [4.69, 9.17) is 0 Å². The van der Waals surface area contributed by atoms with E-state index < -0.39 is 0 Å². The lowest BCUT2D eigenvalue weighted by atomic mass is 10.0. The number of halogens is 2. The number of fused-ring (bicyclic) bond motifs is 1. The predicted molar refractivity (Wildman–Crippen MR) is 83.0 cm³/mol. The maximum atomic E-state index is 12.5. The zero-order chi connectivity index (χ0) is 11.9. The molecule has 16 heavy (non-hydrogen) atoms. The van der Waals surface area contributed by atoms with Gasteiger partial charge in [0.2, 0.25) is 5.91 Å². The molecule has 92 valence electrons. The molecule has 1 saturated heterocycles. The summed E-state index contributed by atoms with van der Waals surface area (Å²) in [5.74, 6) is 1.61. The highest BCUT2D eigenvalue weighted by Crippen LogP contribution is 2.44. The molecular formula is C12H19I2NO. The van der Waals surface area contributed by atoms with Crippen LogP contribution in [0, 0.1) is 11.8 Å². The second-order valence-electron chi connectivity index (χ2n) is 5.32. The van der Waals surface area contributed by atoms with Crippen molar-refractivity contribution in [2.24, 2.45) is 11.8 Å². The molecular weight excluding hydrogens is 428 g/mol. The van der Waals surface area contributed by atoms with Crippen LogP contribution >= 0.6 is 45.2 Å². The normalized spacial score (nSPS) is 35.6. The summed E-state index contributed by atoms with van der Waals surface area (Å²) < 4.78 is 0.589. The van der Waals surface area contributed by atoms with E-state index in [-0.39, 0.29) is 3.92 Å². The molecule has 2 rings (SSSR count). The molecule has 1 saturated carbocycles. The van der Waals surface area contributed by atoms with Gasteiger partial charge in [-0.25, -0.2) is 0 Å². The molecule has 1 heterocycles. The lowest BCUT2D eigenvalue weighted by Crippen LogP contribution is -2.44. The van der Waals surface area contributed by atoms with Gasteiger partial charge in [0.15, 0.2) is 0 Å². The molecule has 0 radical (unpaired) electrons. The van der Waals surface area contributed by atoms with Gasteiger partial charge in [0.05, 0.1) is 7.97 Å². The Morgan fingerprint density at radius 2 is 2.06 bits per heavy atom. The Morgan fingerprint density at radius 3 is 2.69 bits per heavy atom. The van der Waals surface area contributed by atoms with Crippen LogP contribution in [0.4, 0.5) is 0 Å². The van der Waals surface area contributed by atoms with Crippen LogP contribution in [0.25, 0.3) is 0 Å². The van der Waals surface area contributed by atoms with Crippen LogP contribution in [0.1, 0.15) is 39.5 Å². The van der Waals surface area contributed by atoms with Crippen molar-refractivity contribution in [1.29, 1.82) is 0 Å². The monoisotopic (exact) mass is 447 g/mol. The Bertz CT molecular complexity index is 282. The summed E-state index contributed by atoms with van der Waals surface area (Å²) in [7, 11) is 0. The first-order valence-electron chi connectivity index (χ1n) is 6.12. The molecule has 0 bridgehead atoms. The number of hydrogen-bond donors (Lipinski definition) is 0. The number of hydrogen-bond acceptors (Lipinski definition) is 1. The van der Waals surface area contributed by atoms with Gasteiger partial charge in [-0.1, -0.05) is 65.5 Å². The molecule has 0 N–H and O–H groups in total. The molecule has 0 aromatic carbocycles. The van der Waals surface area contributed by atoms with Crippen molar-refractivity contribution in [2.45, 2.75) is 53.5 Å². The lowest BCUT2D eigenvalue weighted by molar-refractivity contribution is -0.132. The number of likely N-dealkylation sites (tertiary alicyclic amines) is 1. The van der Waals surface area contributed by atoms with Crippen molar-refractivity contribution in [2.75, 3.05) is 0 Å². The maximum absolute atomic E-state index is 12.5. The number of rotatable bonds is 2. The van der Waals surface area contributed by atoms with Gasteiger partial charge in [0, 0.05) is 6.04 Å². The van der Waals surface area contributed by atoms with Crippen LogP contribution in [0.5, 0.6) is 0 Å². The molecule has 3 unspecified atom stereocenters. The highest BCUT2D eigenvalue weighted by atomic mass is 127. The van der Waals surface area contributed by atoms with E-state index in [0.717, 1.165) is 5.92 Å². The van der Waals surface area contributed by atoms with Crippen LogP contribution in [-0.2, 0) is 4.79 Å². The van der Waals surface area contributed by atoms with E-state index in [1.807, 2.05) is 0 Å². The number of alkyl halides is 2. The van der Waals surface area contributed by atoms with Crippen LogP contribution < -0.4 is 0 Å². The van der Waals surface area contributed by atoms with Gasteiger partial charge < -0.3 is 4.90 Å². The fraction of sp³-hybridized carbons (Fsp3) is 0.917. The minimum absolute atomic E-state index is 0.147. The van der Waals surface area contributed by atoms with Crippen LogP contribution in [-0.4, -0.2) is 24.8 Å². The number of amides is 1. The molecule has 0 aromatic heterocycles. The van der Waals surface area contributed by atoms with Crippen molar-refractivity contribution >= 4 is 51.1 Å². The molecule has 1 amide bonds. The van der Waals surface area contributed by atoms with E-state index in [2.05, 4.69) is 63.9 Å². The Kier molecular flexibility index (Phi) is 4.41. The van der Waals surface area contributed by atoms with Gasteiger partial charge in [-0.2, -0.15) is 0 Å². The smallest absolute Gasteiger partial charge is 0.236 e. The summed E-state index contributed by atoms with van der Waals surface area (Å²) in [6, 6.07) is 0.561. The zero-order valence-corrected chi connectivity index (χ0v) is 14.1. The average Bonchev–Trinajstić information content (AvgIpc) is 2.74. The van der Waals surface area contributed by atoms with E-state index in [1.54, 1.807) is 0 Å². The van der Waals surface area contributed by atoms with E-state index in [9.17, 15) is 4.79 Å². The first-order chi connectivity index (χ1) is 7.52. The van der Waals surface area contributed by atoms with Crippen molar-refractivity contribution in [1.82, 2.24) is 4.90 Å². The topological polar surface area (TPSA) is 20.3 Å². The van der Waals surface area contributed by atoms with Crippen molar-refractivity contribution in [3.63, 3.8) is 0 Å². The Hall–Kier alpha value is 0.930. The third-order valence-corrected chi connectivity index (χ3v) is 6.93. The number of carbonyl (C=O) groups excluding carboxylic acids is 1. The highest BCUT2D eigenvalue weighted by Gasteiger charge is 2.46. The predicted octanol–water partition coefficient (Wildman–Crippen LogP) is 3.61. The van der Waals surface area contributed by atoms with E-state index >= 15 is 0 Å².